The van der Waals surface area contributed by atoms with Crippen molar-refractivity contribution >= 4 is 80.8 Å². The number of fused-ring (bicyclic) bond motifs is 1. The van der Waals surface area contributed by atoms with Gasteiger partial charge in [-0.15, -0.1) is 23.1 Å². The Hall–Kier alpha value is -3.41. The van der Waals surface area contributed by atoms with E-state index in [0.29, 0.717) is 12.1 Å². The van der Waals surface area contributed by atoms with Crippen molar-refractivity contribution in [1.29, 1.82) is 0 Å². The molecule has 1 fully saturated rings. The molecule has 0 radical (unpaired) electrons. The Morgan fingerprint density at radius 1 is 1.43 bits per heavy atom. The Bertz CT molecular complexity index is 1450. The number of thioether (sulfide) groups is 2. The van der Waals surface area contributed by atoms with Crippen molar-refractivity contribution in [3.63, 3.8) is 0 Å². The molecule has 4 N–H and O–H groups in total. The zero-order chi connectivity index (χ0) is 29.2. The van der Waals surface area contributed by atoms with Crippen LogP contribution in [0.25, 0.3) is 0 Å². The van der Waals surface area contributed by atoms with Gasteiger partial charge in [0.15, 0.2) is 23.6 Å². The first-order valence-corrected chi connectivity index (χ1v) is 15.6. The van der Waals surface area contributed by atoms with Gasteiger partial charge in [0.05, 0.1) is 17.0 Å². The van der Waals surface area contributed by atoms with Crippen molar-refractivity contribution in [1.82, 2.24) is 15.2 Å². The number of nitrogens with two attached hydrogens (primary N) is 1. The molecule has 0 aromatic carbocycles. The summed E-state index contributed by atoms with van der Waals surface area (Å²) in [5, 5.41) is 30.4. The first kappa shape index (κ1) is 29.6. The minimum atomic E-state index is -1.76. The van der Waals surface area contributed by atoms with Gasteiger partial charge in [0, 0.05) is 11.1 Å². The van der Waals surface area contributed by atoms with E-state index in [9.17, 15) is 29.4 Å². The van der Waals surface area contributed by atoms with Crippen LogP contribution < -0.4 is 20.7 Å². The van der Waals surface area contributed by atoms with E-state index in [-0.39, 0.29) is 28.0 Å². The van der Waals surface area contributed by atoms with E-state index >= 15 is 0 Å². The summed E-state index contributed by atoms with van der Waals surface area (Å²) in [7, 11) is 0. The van der Waals surface area contributed by atoms with Gasteiger partial charge in [-0.1, -0.05) is 22.6 Å². The van der Waals surface area contributed by atoms with Gasteiger partial charge in [-0.25, -0.2) is 9.78 Å². The van der Waals surface area contributed by atoms with Crippen LogP contribution in [0.2, 0.25) is 0 Å². The highest BCUT2D eigenvalue weighted by atomic mass is 32.2. The summed E-state index contributed by atoms with van der Waals surface area (Å²) in [5.74, 6) is -4.06. The molecule has 2 aliphatic heterocycles. The number of rotatable bonds is 11. The topological polar surface area (TPSA) is 191 Å². The van der Waals surface area contributed by atoms with Crippen molar-refractivity contribution in [3.05, 3.63) is 46.1 Å². The number of carbonyl (C=O) groups is 4. The van der Waals surface area contributed by atoms with Gasteiger partial charge in [-0.05, 0) is 43.5 Å². The third kappa shape index (κ3) is 6.01. The third-order valence-electron chi connectivity index (χ3n) is 5.78. The van der Waals surface area contributed by atoms with Crippen molar-refractivity contribution in [2.24, 2.45) is 5.16 Å². The fourth-order valence-corrected chi connectivity index (χ4v) is 7.05. The van der Waals surface area contributed by atoms with Gasteiger partial charge in [-0.3, -0.25) is 14.5 Å². The van der Waals surface area contributed by atoms with E-state index in [1.165, 1.54) is 31.0 Å². The molecule has 2 amide bonds. The monoisotopic (exact) mass is 624 g/mol. The number of carboxylic acid groups (broad SMARTS) is 2. The average molecular weight is 625 g/mol. The lowest BCUT2D eigenvalue weighted by molar-refractivity contribution is -0.716. The number of nitrogens with one attached hydrogen (secondary N) is 1. The van der Waals surface area contributed by atoms with E-state index < -0.39 is 40.8 Å². The van der Waals surface area contributed by atoms with Crippen LogP contribution >= 0.6 is 46.2 Å². The number of carbonyl (C=O) groups excluding carboxylic acids is 3. The molecule has 4 heterocycles. The second-order valence-corrected chi connectivity index (χ2v) is 12.8. The van der Waals surface area contributed by atoms with E-state index in [1.54, 1.807) is 29.2 Å². The normalized spacial score (nSPS) is 19.4. The summed E-state index contributed by atoms with van der Waals surface area (Å²) in [6.45, 7) is 3.01. The number of aromatic nitrogens is 2. The molecule has 1 unspecified atom stereocenters. The maximum Gasteiger partial charge on any atom is 0.350 e. The number of hydrogen-bond acceptors (Lipinski definition) is 13. The van der Waals surface area contributed by atoms with Gasteiger partial charge in [-0.2, -0.15) is 4.57 Å². The molecular formula is C23H24N6O7S4. The van der Waals surface area contributed by atoms with Crippen LogP contribution in [0.15, 0.2) is 49.9 Å². The molecular weight excluding hydrogens is 601 g/mol. The molecule has 2 aliphatic rings. The van der Waals surface area contributed by atoms with Crippen LogP contribution in [0, 0.1) is 0 Å². The molecule has 4 rings (SSSR count). The number of aliphatic carboxylic acids is 2. The van der Waals surface area contributed by atoms with E-state index in [4.69, 9.17) is 10.6 Å². The van der Waals surface area contributed by atoms with Crippen LogP contribution in [-0.2, 0) is 30.6 Å². The maximum atomic E-state index is 13.2. The average Bonchev–Trinajstić information content (AvgIpc) is 3.55. The molecule has 0 saturated carbocycles. The number of allylic oxidation sites excluding steroid dienone is 2. The Morgan fingerprint density at radius 3 is 2.80 bits per heavy atom. The number of carboxylic acids is 2. The summed E-state index contributed by atoms with van der Waals surface area (Å²) in [6, 6.07) is -1.07. The number of oxime groups is 1. The lowest BCUT2D eigenvalue weighted by Gasteiger charge is -2.50. The molecule has 13 nitrogen and oxygen atoms in total. The standard InChI is InChI=1S/C23H24N6O7S4/c1-23(2,20(34)35)36-27-13(12-10-40-21(24)25-12)16(30)26-14-17(31)29-15(19(32)33)11(9-39-18(14)29)5-4-6-28-7-8-38-22(28)37-3/h4-5,7-8,10,14,18H,6,9H2,1-3H3,(H4-,24,25,26,30,32,33,34,35)/b5-4?,27-13-/t14?,18-/m1/s1. The smallest absolute Gasteiger partial charge is 0.350 e. The van der Waals surface area contributed by atoms with Crippen molar-refractivity contribution < 1.29 is 38.8 Å². The highest BCUT2D eigenvalue weighted by Crippen LogP contribution is 2.40. The lowest BCUT2D eigenvalue weighted by Crippen LogP contribution is -2.71. The van der Waals surface area contributed by atoms with E-state index in [2.05, 4.69) is 15.5 Å². The summed E-state index contributed by atoms with van der Waals surface area (Å²) in [6.07, 6.45) is 7.38. The van der Waals surface area contributed by atoms with Gasteiger partial charge in [0.2, 0.25) is 5.60 Å². The molecule has 0 bridgehead atoms. The molecule has 0 aliphatic carbocycles. The van der Waals surface area contributed by atoms with Crippen LogP contribution in [0.1, 0.15) is 19.5 Å². The molecule has 2 aromatic rings. The molecule has 0 spiro atoms. The SMILES string of the molecule is CSc1scc[n+]1CC=CC1=C(C(=O)[O-])N2C(=O)C(NC(=O)/C(=N\OC(C)(C)C(=O)O)c3csc(N)n3)[C@H]2SC1. The largest absolute Gasteiger partial charge is 0.543 e. The summed E-state index contributed by atoms with van der Waals surface area (Å²) in [4.78, 5) is 59.9. The quantitative estimate of drug-likeness (QED) is 0.101. The van der Waals surface area contributed by atoms with Crippen LogP contribution in [-0.4, -0.2) is 73.5 Å². The number of thiazole rings is 2. The second kappa shape index (κ2) is 12.0. The van der Waals surface area contributed by atoms with Crippen LogP contribution in [0.5, 0.6) is 0 Å². The molecule has 212 valence electrons. The summed E-state index contributed by atoms with van der Waals surface area (Å²) in [5.41, 5.74) is 3.73. The lowest BCUT2D eigenvalue weighted by atomic mass is 10.0. The molecule has 40 heavy (non-hydrogen) atoms. The minimum Gasteiger partial charge on any atom is -0.543 e. The van der Waals surface area contributed by atoms with E-state index in [0.717, 1.165) is 20.6 Å². The Balaban J connectivity index is 1.52. The first-order valence-electron chi connectivity index (χ1n) is 11.5. The van der Waals surface area contributed by atoms with Crippen molar-refractivity contribution in [2.45, 2.75) is 41.7 Å². The fourth-order valence-electron chi connectivity index (χ4n) is 3.67. The Kier molecular flexibility index (Phi) is 8.86. The summed E-state index contributed by atoms with van der Waals surface area (Å²) < 4.78 is 3.11. The Morgan fingerprint density at radius 2 is 2.17 bits per heavy atom. The molecule has 2 aromatic heterocycles. The van der Waals surface area contributed by atoms with Gasteiger partial charge >= 0.3 is 5.97 Å². The second-order valence-electron chi connectivity index (χ2n) is 8.87. The van der Waals surface area contributed by atoms with Crippen LogP contribution in [0.3, 0.4) is 0 Å². The predicted octanol–water partition coefficient (Wildman–Crippen LogP) is 0.0404. The number of hydrogen-bond donors (Lipinski definition) is 3. The molecule has 2 atom stereocenters. The number of nitrogen functional groups attached to an aromatic ring is 1. The third-order valence-corrected chi connectivity index (χ3v) is 9.82. The highest BCUT2D eigenvalue weighted by Gasteiger charge is 2.53. The van der Waals surface area contributed by atoms with Gasteiger partial charge in [0.25, 0.3) is 16.2 Å². The molecule has 1 saturated heterocycles. The number of amides is 2. The molecule has 17 heteroatoms. The first-order chi connectivity index (χ1) is 18.9. The minimum absolute atomic E-state index is 0.0250. The summed E-state index contributed by atoms with van der Waals surface area (Å²) >= 11 is 5.51. The van der Waals surface area contributed by atoms with E-state index in [1.807, 2.05) is 28.5 Å². The maximum absolute atomic E-state index is 13.2. The number of anilines is 1. The zero-order valence-corrected chi connectivity index (χ0v) is 24.6. The number of nitrogens with zero attached hydrogens (tertiary/aromatic N) is 4. The predicted molar refractivity (Wildman–Crippen MR) is 148 cm³/mol. The number of β-lactam (4-membered cyclic amide) rings is 1. The van der Waals surface area contributed by atoms with Crippen molar-refractivity contribution in [2.75, 3.05) is 17.7 Å². The van der Waals surface area contributed by atoms with Crippen molar-refractivity contribution in [3.8, 4) is 0 Å². The fraction of sp³-hybridized carbons (Fsp3) is 0.348. The van der Waals surface area contributed by atoms with Gasteiger partial charge in [0.1, 0.15) is 17.1 Å². The highest BCUT2D eigenvalue weighted by molar-refractivity contribution is 8.00. The zero-order valence-electron chi connectivity index (χ0n) is 21.4. The van der Waals surface area contributed by atoms with Gasteiger partial charge < -0.3 is 30.9 Å². The Labute approximate surface area is 244 Å². The van der Waals surface area contributed by atoms with Crippen LogP contribution in [0.4, 0.5) is 5.13 Å².